The summed E-state index contributed by atoms with van der Waals surface area (Å²) in [6.07, 6.45) is 2.46. The third-order valence-corrected chi connectivity index (χ3v) is 4.25. The largest absolute Gasteiger partial charge is 0.463 e. The van der Waals surface area contributed by atoms with E-state index >= 15 is 0 Å². The number of nitrogens with one attached hydrogen (secondary N) is 2. The maximum atomic E-state index is 11.5. The second-order valence-electron chi connectivity index (χ2n) is 5.64. The summed E-state index contributed by atoms with van der Waals surface area (Å²) in [5, 5.41) is 4.87. The molecule has 3 rings (SSSR count). The first-order chi connectivity index (χ1) is 12.2. The van der Waals surface area contributed by atoms with Gasteiger partial charge in [0.05, 0.1) is 12.0 Å². The van der Waals surface area contributed by atoms with Crippen LogP contribution in [0.15, 0.2) is 22.8 Å². The maximum Gasteiger partial charge on any atom is 0.407 e. The highest BCUT2D eigenvalue weighted by Gasteiger charge is 2.29. The molecular weight excluding hydrogens is 326 g/mol. The van der Waals surface area contributed by atoms with E-state index in [0.717, 1.165) is 41.9 Å². The van der Waals surface area contributed by atoms with Crippen molar-refractivity contribution >= 4 is 12.2 Å². The highest BCUT2D eigenvalue weighted by Crippen LogP contribution is 2.37. The maximum absolute atomic E-state index is 11.5. The lowest BCUT2D eigenvalue weighted by molar-refractivity contribution is 0.134. The smallest absolute Gasteiger partial charge is 0.407 e. The zero-order chi connectivity index (χ0) is 17.8. The van der Waals surface area contributed by atoms with Gasteiger partial charge in [0.2, 0.25) is 0 Å². The van der Waals surface area contributed by atoms with Gasteiger partial charge in [0.15, 0.2) is 5.76 Å². The summed E-state index contributed by atoms with van der Waals surface area (Å²) in [5.41, 5.74) is 3.64. The molecule has 0 saturated carbocycles. The van der Waals surface area contributed by atoms with Gasteiger partial charge in [0.1, 0.15) is 13.2 Å². The minimum atomic E-state index is -0.519. The molecule has 8 heteroatoms. The van der Waals surface area contributed by atoms with Crippen molar-refractivity contribution in [2.75, 3.05) is 14.1 Å². The van der Waals surface area contributed by atoms with Gasteiger partial charge in [-0.3, -0.25) is 0 Å². The molecule has 2 amide bonds. The second-order valence-corrected chi connectivity index (χ2v) is 5.64. The minimum Gasteiger partial charge on any atom is -0.463 e. The lowest BCUT2D eigenvalue weighted by atomic mass is 10.1. The van der Waals surface area contributed by atoms with E-state index < -0.39 is 12.2 Å². The van der Waals surface area contributed by atoms with E-state index in [9.17, 15) is 9.59 Å². The molecule has 0 unspecified atom stereocenters. The van der Waals surface area contributed by atoms with Gasteiger partial charge in [0.25, 0.3) is 0 Å². The van der Waals surface area contributed by atoms with Gasteiger partial charge in [-0.1, -0.05) is 0 Å². The van der Waals surface area contributed by atoms with E-state index in [-0.39, 0.29) is 13.2 Å². The highest BCUT2D eigenvalue weighted by atomic mass is 16.6. The number of ether oxygens (including phenoxy) is 2. The van der Waals surface area contributed by atoms with E-state index in [1.807, 2.05) is 12.1 Å². The standard InChI is InChI=1S/C17H21N3O5/c1-18-16(21)24-9-11-12(10-25-17(22)19-2)15(14-6-4-8-23-14)20-7-3-5-13(11)20/h4,6,8H,3,5,7,9-10H2,1-2H3,(H,18,21)(H,19,22). The second kappa shape index (κ2) is 7.33. The van der Waals surface area contributed by atoms with Gasteiger partial charge >= 0.3 is 12.2 Å². The molecule has 25 heavy (non-hydrogen) atoms. The molecule has 1 aliphatic heterocycles. The molecule has 0 radical (unpaired) electrons. The van der Waals surface area contributed by atoms with Crippen LogP contribution in [0.1, 0.15) is 23.2 Å². The van der Waals surface area contributed by atoms with E-state index in [2.05, 4.69) is 15.2 Å². The number of nitrogens with zero attached hydrogens (tertiary/aromatic N) is 1. The molecule has 0 saturated heterocycles. The average Bonchev–Trinajstić information content (AvgIpc) is 3.34. The number of fused-ring (bicyclic) bond motifs is 1. The molecule has 0 fully saturated rings. The molecule has 2 aromatic heterocycles. The predicted octanol–water partition coefficient (Wildman–Crippen LogP) is 2.41. The van der Waals surface area contributed by atoms with Crippen LogP contribution >= 0.6 is 0 Å². The Labute approximate surface area is 145 Å². The van der Waals surface area contributed by atoms with Crippen molar-refractivity contribution in [3.05, 3.63) is 35.2 Å². The fourth-order valence-corrected chi connectivity index (χ4v) is 3.16. The normalized spacial score (nSPS) is 12.6. The number of hydrogen-bond donors (Lipinski definition) is 2. The lowest BCUT2D eigenvalue weighted by Gasteiger charge is -2.10. The Kier molecular flexibility index (Phi) is 4.97. The Bertz CT molecular complexity index is 764. The van der Waals surface area contributed by atoms with Crippen molar-refractivity contribution in [3.63, 3.8) is 0 Å². The van der Waals surface area contributed by atoms with Gasteiger partial charge in [-0.25, -0.2) is 9.59 Å². The Balaban J connectivity index is 2.01. The first kappa shape index (κ1) is 16.9. The van der Waals surface area contributed by atoms with Crippen LogP contribution in [0.4, 0.5) is 9.59 Å². The summed E-state index contributed by atoms with van der Waals surface area (Å²) in [4.78, 5) is 23.0. The number of alkyl carbamates (subject to hydrolysis) is 2. The number of carbonyl (C=O) groups is 2. The zero-order valence-corrected chi connectivity index (χ0v) is 14.3. The van der Waals surface area contributed by atoms with Crippen LogP contribution in [0, 0.1) is 0 Å². The number of hydrogen-bond acceptors (Lipinski definition) is 5. The Morgan fingerprint density at radius 3 is 2.44 bits per heavy atom. The summed E-state index contributed by atoms with van der Waals surface area (Å²) >= 11 is 0. The van der Waals surface area contributed by atoms with E-state index in [1.54, 1.807) is 6.26 Å². The third-order valence-electron chi connectivity index (χ3n) is 4.25. The number of aromatic nitrogens is 1. The van der Waals surface area contributed by atoms with Gasteiger partial charge in [-0.15, -0.1) is 0 Å². The molecule has 8 nitrogen and oxygen atoms in total. The number of amides is 2. The Morgan fingerprint density at radius 1 is 1.16 bits per heavy atom. The van der Waals surface area contributed by atoms with Crippen molar-refractivity contribution in [1.82, 2.24) is 15.2 Å². The first-order valence-electron chi connectivity index (χ1n) is 8.11. The quantitative estimate of drug-likeness (QED) is 0.866. The highest BCUT2D eigenvalue weighted by molar-refractivity contribution is 5.69. The van der Waals surface area contributed by atoms with Crippen LogP contribution < -0.4 is 10.6 Å². The van der Waals surface area contributed by atoms with Crippen molar-refractivity contribution < 1.29 is 23.5 Å². The fraction of sp³-hybridized carbons (Fsp3) is 0.412. The molecule has 134 valence electrons. The van der Waals surface area contributed by atoms with Gasteiger partial charge < -0.3 is 29.1 Å². The molecule has 1 aliphatic rings. The van der Waals surface area contributed by atoms with Crippen LogP contribution in [-0.2, 0) is 35.7 Å². The van der Waals surface area contributed by atoms with Gasteiger partial charge in [0, 0.05) is 37.5 Å². The molecule has 3 heterocycles. The van der Waals surface area contributed by atoms with Crippen LogP contribution in [0.2, 0.25) is 0 Å². The summed E-state index contributed by atoms with van der Waals surface area (Å²) < 4.78 is 18.3. The number of furan rings is 1. The monoisotopic (exact) mass is 347 g/mol. The molecule has 0 bridgehead atoms. The van der Waals surface area contributed by atoms with Gasteiger partial charge in [-0.05, 0) is 25.0 Å². The SMILES string of the molecule is CNC(=O)OCc1c(COC(=O)NC)c(-c2ccco2)n2c1CCC2. The Hall–Kier alpha value is -2.90. The molecule has 2 N–H and O–H groups in total. The van der Waals surface area contributed by atoms with Gasteiger partial charge in [-0.2, -0.15) is 0 Å². The fourth-order valence-electron chi connectivity index (χ4n) is 3.16. The molecule has 0 aliphatic carbocycles. The molecule has 0 atom stereocenters. The third kappa shape index (κ3) is 3.33. The number of rotatable bonds is 5. The van der Waals surface area contributed by atoms with Crippen LogP contribution in [-0.4, -0.2) is 30.8 Å². The molecule has 0 aromatic carbocycles. The van der Waals surface area contributed by atoms with Crippen molar-refractivity contribution in [3.8, 4) is 11.5 Å². The van der Waals surface area contributed by atoms with Crippen LogP contribution in [0.5, 0.6) is 0 Å². The predicted molar refractivity (Wildman–Crippen MR) is 88.9 cm³/mol. The summed E-state index contributed by atoms with van der Waals surface area (Å²) in [5.74, 6) is 0.699. The van der Waals surface area contributed by atoms with E-state index in [0.29, 0.717) is 5.76 Å². The molecule has 0 spiro atoms. The molecule has 2 aromatic rings. The van der Waals surface area contributed by atoms with Crippen molar-refractivity contribution in [1.29, 1.82) is 0 Å². The van der Waals surface area contributed by atoms with Crippen LogP contribution in [0.25, 0.3) is 11.5 Å². The average molecular weight is 347 g/mol. The van der Waals surface area contributed by atoms with Crippen molar-refractivity contribution in [2.45, 2.75) is 32.6 Å². The molecular formula is C17H21N3O5. The minimum absolute atomic E-state index is 0.0716. The van der Waals surface area contributed by atoms with Crippen molar-refractivity contribution in [2.24, 2.45) is 0 Å². The Morgan fingerprint density at radius 2 is 1.84 bits per heavy atom. The summed E-state index contributed by atoms with van der Waals surface area (Å²) in [6, 6.07) is 3.68. The van der Waals surface area contributed by atoms with E-state index in [1.165, 1.54) is 14.1 Å². The lowest BCUT2D eigenvalue weighted by Crippen LogP contribution is -2.20. The zero-order valence-electron chi connectivity index (χ0n) is 14.3. The summed E-state index contributed by atoms with van der Waals surface area (Å²) in [7, 11) is 3.02. The van der Waals surface area contributed by atoms with Crippen LogP contribution in [0.3, 0.4) is 0 Å². The first-order valence-corrected chi connectivity index (χ1v) is 8.11. The van der Waals surface area contributed by atoms with E-state index in [4.69, 9.17) is 13.9 Å². The summed E-state index contributed by atoms with van der Waals surface area (Å²) in [6.45, 7) is 1.03. The topological polar surface area (TPSA) is 94.7 Å². The number of carbonyl (C=O) groups excluding carboxylic acids is 2.